The minimum Gasteiger partial charge on any atom is -0.480 e. The van der Waals surface area contributed by atoms with Crippen molar-refractivity contribution in [3.63, 3.8) is 0 Å². The molecule has 1 aliphatic heterocycles. The quantitative estimate of drug-likeness (QED) is 0.893. The number of aromatic amines is 1. The molecule has 0 saturated carbocycles. The lowest BCUT2D eigenvalue weighted by atomic mass is 10.1. The first-order chi connectivity index (χ1) is 11.7. The maximum absolute atomic E-state index is 12.5. The second-order valence-electron chi connectivity index (χ2n) is 5.47. The van der Waals surface area contributed by atoms with Gasteiger partial charge >= 0.3 is 0 Å². The lowest BCUT2D eigenvalue weighted by molar-refractivity contribution is 0.0525. The number of carbonyl (C=O) groups is 1. The number of pyridine rings is 1. The van der Waals surface area contributed by atoms with E-state index in [1.165, 1.54) is 37.8 Å². The maximum atomic E-state index is 12.5. The number of methoxy groups -OCH3 is 1. The third-order valence-electron chi connectivity index (χ3n) is 3.78. The largest absolute Gasteiger partial charge is 0.480 e. The number of ether oxygens (including phenoxy) is 2. The topological polar surface area (TPSA) is 97.4 Å². The molecule has 0 spiro atoms. The van der Waals surface area contributed by atoms with Crippen LogP contribution in [0.1, 0.15) is 23.2 Å². The molecule has 3 rings (SSSR count). The van der Waals surface area contributed by atoms with E-state index in [1.807, 2.05) is 0 Å². The number of H-pyrrole nitrogens is 1. The SMILES string of the molecule is COc1cncc(OC2CCCN(C(=O)c3ccc(=O)[nH]c3)C2)n1. The van der Waals surface area contributed by atoms with Gasteiger partial charge in [-0.05, 0) is 18.9 Å². The Labute approximate surface area is 138 Å². The Balaban J connectivity index is 1.66. The van der Waals surface area contributed by atoms with Crippen LogP contribution in [0.15, 0.2) is 35.5 Å². The summed E-state index contributed by atoms with van der Waals surface area (Å²) in [5.41, 5.74) is 0.222. The summed E-state index contributed by atoms with van der Waals surface area (Å²) in [6, 6.07) is 2.87. The third kappa shape index (κ3) is 3.70. The first-order valence-electron chi connectivity index (χ1n) is 7.66. The van der Waals surface area contributed by atoms with Crippen molar-refractivity contribution < 1.29 is 14.3 Å². The van der Waals surface area contributed by atoms with Gasteiger partial charge in [0.15, 0.2) is 0 Å². The molecule has 1 atom stereocenters. The highest BCUT2D eigenvalue weighted by atomic mass is 16.5. The molecule has 3 heterocycles. The highest BCUT2D eigenvalue weighted by Gasteiger charge is 2.26. The fourth-order valence-electron chi connectivity index (χ4n) is 2.60. The fraction of sp³-hybridized carbons (Fsp3) is 0.375. The van der Waals surface area contributed by atoms with Gasteiger partial charge in [-0.25, -0.2) is 0 Å². The molecule has 8 nitrogen and oxygen atoms in total. The standard InChI is InChI=1S/C16H18N4O4/c1-23-14-8-17-9-15(19-14)24-12-3-2-6-20(10-12)16(22)11-4-5-13(21)18-7-11/h4-5,7-9,12H,2-3,6,10H2,1H3,(H,18,21). The van der Waals surface area contributed by atoms with E-state index in [9.17, 15) is 9.59 Å². The zero-order valence-corrected chi connectivity index (χ0v) is 13.3. The summed E-state index contributed by atoms with van der Waals surface area (Å²) in [5.74, 6) is 0.624. The van der Waals surface area contributed by atoms with Crippen LogP contribution >= 0.6 is 0 Å². The number of piperidine rings is 1. The number of carbonyl (C=O) groups excluding carboxylic acids is 1. The van der Waals surface area contributed by atoms with E-state index in [-0.39, 0.29) is 17.6 Å². The van der Waals surface area contributed by atoms with Crippen LogP contribution in [0.5, 0.6) is 11.8 Å². The number of hydrogen-bond acceptors (Lipinski definition) is 6. The Bertz CT molecular complexity index is 756. The van der Waals surface area contributed by atoms with Crippen molar-refractivity contribution in [3.05, 3.63) is 46.6 Å². The Morgan fingerprint density at radius 3 is 2.92 bits per heavy atom. The number of nitrogens with zero attached hydrogens (tertiary/aromatic N) is 3. The number of hydrogen-bond donors (Lipinski definition) is 1. The van der Waals surface area contributed by atoms with Crippen LogP contribution in [0.3, 0.4) is 0 Å². The molecule has 0 radical (unpaired) electrons. The highest BCUT2D eigenvalue weighted by Crippen LogP contribution is 2.19. The maximum Gasteiger partial charge on any atom is 0.255 e. The number of amides is 1. The Morgan fingerprint density at radius 1 is 1.33 bits per heavy atom. The second kappa shape index (κ2) is 7.12. The van der Waals surface area contributed by atoms with Crippen molar-refractivity contribution in [1.82, 2.24) is 19.9 Å². The van der Waals surface area contributed by atoms with E-state index in [0.717, 1.165) is 12.8 Å². The van der Waals surface area contributed by atoms with Crippen molar-refractivity contribution >= 4 is 5.91 Å². The van der Waals surface area contributed by atoms with Crippen molar-refractivity contribution in [2.75, 3.05) is 20.2 Å². The van der Waals surface area contributed by atoms with Gasteiger partial charge in [0.1, 0.15) is 6.10 Å². The molecular weight excluding hydrogens is 312 g/mol. The first-order valence-corrected chi connectivity index (χ1v) is 7.66. The van der Waals surface area contributed by atoms with E-state index in [2.05, 4.69) is 15.0 Å². The van der Waals surface area contributed by atoms with Gasteiger partial charge in [0.05, 0.1) is 31.6 Å². The number of rotatable bonds is 4. The molecule has 2 aromatic heterocycles. The molecule has 2 aromatic rings. The molecule has 126 valence electrons. The molecule has 1 amide bonds. The first kappa shape index (κ1) is 16.0. The molecule has 8 heteroatoms. The lowest BCUT2D eigenvalue weighted by Crippen LogP contribution is -2.44. The van der Waals surface area contributed by atoms with Crippen LogP contribution in [0.25, 0.3) is 0 Å². The normalized spacial score (nSPS) is 17.4. The third-order valence-corrected chi connectivity index (χ3v) is 3.78. The number of likely N-dealkylation sites (tertiary alicyclic amines) is 1. The summed E-state index contributed by atoms with van der Waals surface area (Å²) in [6.45, 7) is 1.11. The van der Waals surface area contributed by atoms with Crippen molar-refractivity contribution in [2.45, 2.75) is 18.9 Å². The van der Waals surface area contributed by atoms with Crippen molar-refractivity contribution in [3.8, 4) is 11.8 Å². The summed E-state index contributed by atoms with van der Waals surface area (Å²) < 4.78 is 10.9. The molecule has 0 bridgehead atoms. The van der Waals surface area contributed by atoms with Crippen LogP contribution in [-0.2, 0) is 0 Å². The Kier molecular flexibility index (Phi) is 4.74. The van der Waals surface area contributed by atoms with Crippen LogP contribution < -0.4 is 15.0 Å². The molecule has 1 N–H and O–H groups in total. The zero-order chi connectivity index (χ0) is 16.9. The summed E-state index contributed by atoms with van der Waals surface area (Å²) in [7, 11) is 1.51. The zero-order valence-electron chi connectivity index (χ0n) is 13.3. The lowest BCUT2D eigenvalue weighted by Gasteiger charge is -2.32. The van der Waals surface area contributed by atoms with E-state index in [0.29, 0.717) is 30.4 Å². The summed E-state index contributed by atoms with van der Waals surface area (Å²) in [4.78, 5) is 36.0. The van der Waals surface area contributed by atoms with E-state index in [4.69, 9.17) is 9.47 Å². The van der Waals surface area contributed by atoms with Gasteiger partial charge in [0.25, 0.3) is 5.91 Å². The van der Waals surface area contributed by atoms with Crippen LogP contribution in [0.2, 0.25) is 0 Å². The van der Waals surface area contributed by atoms with Gasteiger partial charge < -0.3 is 19.4 Å². The van der Waals surface area contributed by atoms with Gasteiger partial charge in [-0.2, -0.15) is 4.98 Å². The number of nitrogens with one attached hydrogen (secondary N) is 1. The summed E-state index contributed by atoms with van der Waals surface area (Å²) >= 11 is 0. The number of aromatic nitrogens is 3. The predicted octanol–water partition coefficient (Wildman–Crippen LogP) is 0.857. The molecule has 1 saturated heterocycles. The molecule has 0 aromatic carbocycles. The molecule has 0 aliphatic carbocycles. The van der Waals surface area contributed by atoms with Crippen molar-refractivity contribution in [2.24, 2.45) is 0 Å². The minimum atomic E-state index is -0.233. The fourth-order valence-corrected chi connectivity index (χ4v) is 2.60. The van der Waals surface area contributed by atoms with E-state index >= 15 is 0 Å². The van der Waals surface area contributed by atoms with Gasteiger partial charge in [-0.3, -0.25) is 14.6 Å². The molecule has 1 unspecified atom stereocenters. The molecule has 1 aliphatic rings. The van der Waals surface area contributed by atoms with Gasteiger partial charge in [0.2, 0.25) is 17.3 Å². The Hall–Kier alpha value is -2.90. The highest BCUT2D eigenvalue weighted by molar-refractivity contribution is 5.93. The van der Waals surface area contributed by atoms with Crippen LogP contribution in [0, 0.1) is 0 Å². The van der Waals surface area contributed by atoms with E-state index in [1.54, 1.807) is 4.90 Å². The van der Waals surface area contributed by atoms with Gasteiger partial charge in [-0.1, -0.05) is 0 Å². The smallest absolute Gasteiger partial charge is 0.255 e. The predicted molar refractivity (Wildman–Crippen MR) is 85.2 cm³/mol. The van der Waals surface area contributed by atoms with Crippen molar-refractivity contribution in [1.29, 1.82) is 0 Å². The van der Waals surface area contributed by atoms with Crippen LogP contribution in [0.4, 0.5) is 0 Å². The van der Waals surface area contributed by atoms with Crippen LogP contribution in [-0.4, -0.2) is 52.1 Å². The minimum absolute atomic E-state index is 0.128. The average molecular weight is 330 g/mol. The van der Waals surface area contributed by atoms with E-state index < -0.39 is 0 Å². The monoisotopic (exact) mass is 330 g/mol. The average Bonchev–Trinajstić information content (AvgIpc) is 2.62. The molecule has 24 heavy (non-hydrogen) atoms. The molecular formula is C16H18N4O4. The van der Waals surface area contributed by atoms with Gasteiger partial charge in [0, 0.05) is 18.8 Å². The molecule has 1 fully saturated rings. The summed E-state index contributed by atoms with van der Waals surface area (Å²) in [5, 5.41) is 0. The summed E-state index contributed by atoms with van der Waals surface area (Å²) in [6.07, 6.45) is 5.95. The Morgan fingerprint density at radius 2 is 2.17 bits per heavy atom. The van der Waals surface area contributed by atoms with Gasteiger partial charge in [-0.15, -0.1) is 0 Å². The second-order valence-corrected chi connectivity index (χ2v) is 5.47.